The van der Waals surface area contributed by atoms with Crippen molar-refractivity contribution in [1.29, 1.82) is 0 Å². The molecule has 2 N–H and O–H groups in total. The molecule has 2 heterocycles. The van der Waals surface area contributed by atoms with Crippen LogP contribution in [0.15, 0.2) is 24.3 Å². The molecule has 3 atom stereocenters. The Bertz CT molecular complexity index is 519. The molecule has 0 aromatic heterocycles. The van der Waals surface area contributed by atoms with Crippen molar-refractivity contribution in [1.82, 2.24) is 10.8 Å². The monoisotopic (exact) mass is 340 g/mol. The van der Waals surface area contributed by atoms with E-state index >= 15 is 0 Å². The number of hydrogen-bond donors (Lipinski definition) is 2. The zero-order valence-corrected chi connectivity index (χ0v) is 13.6. The van der Waals surface area contributed by atoms with Gasteiger partial charge in [0.05, 0.1) is 6.04 Å². The lowest BCUT2D eigenvalue weighted by Gasteiger charge is -2.24. The van der Waals surface area contributed by atoms with Crippen LogP contribution in [0.5, 0.6) is 0 Å². The van der Waals surface area contributed by atoms with Crippen molar-refractivity contribution >= 4 is 17.6 Å². The molecule has 2 fully saturated rings. The number of ether oxygens (including phenoxy) is 2. The van der Waals surface area contributed by atoms with Gasteiger partial charge < -0.3 is 14.8 Å². The lowest BCUT2D eigenvalue weighted by Crippen LogP contribution is -2.45. The Morgan fingerprint density at radius 2 is 1.96 bits per heavy atom. The second kappa shape index (κ2) is 7.97. The smallest absolute Gasteiger partial charge is 0.339 e. The van der Waals surface area contributed by atoms with Crippen molar-refractivity contribution < 1.29 is 19.1 Å². The van der Waals surface area contributed by atoms with E-state index < -0.39 is 0 Å². The second-order valence-corrected chi connectivity index (χ2v) is 6.16. The van der Waals surface area contributed by atoms with Crippen molar-refractivity contribution in [3.8, 4) is 0 Å². The molecule has 1 aromatic rings. The number of rotatable bonds is 4. The quantitative estimate of drug-likeness (QED) is 0.827. The molecular weight excluding hydrogens is 320 g/mol. The SMILES string of the molecule is O=C(NO[C@@H]1CCCCO1)N[C@@H]1CCO[C@@H]1c1ccc(Cl)cc1. The number of urea groups is 1. The zero-order chi connectivity index (χ0) is 16.1. The van der Waals surface area contributed by atoms with E-state index in [-0.39, 0.29) is 24.5 Å². The van der Waals surface area contributed by atoms with Crippen molar-refractivity contribution in [2.75, 3.05) is 13.2 Å². The summed E-state index contributed by atoms with van der Waals surface area (Å²) in [5, 5.41) is 3.57. The first kappa shape index (κ1) is 16.5. The number of carbonyl (C=O) groups excluding carboxylic acids is 1. The first-order valence-corrected chi connectivity index (χ1v) is 8.31. The number of benzene rings is 1. The summed E-state index contributed by atoms with van der Waals surface area (Å²) in [4.78, 5) is 17.3. The van der Waals surface area contributed by atoms with Crippen LogP contribution in [0.4, 0.5) is 4.79 Å². The number of hydroxylamine groups is 1. The molecule has 0 unspecified atom stereocenters. The maximum atomic E-state index is 12.0. The van der Waals surface area contributed by atoms with E-state index in [9.17, 15) is 4.79 Å². The molecule has 2 aliphatic heterocycles. The minimum atomic E-state index is -0.381. The fourth-order valence-corrected chi connectivity index (χ4v) is 2.97. The standard InChI is InChI=1S/C16H21ClN2O4/c17-12-6-4-11(5-7-12)15-13(8-10-22-15)18-16(20)19-23-14-3-1-2-9-21-14/h4-7,13-15H,1-3,8-10H2,(H2,18,19,20)/t13-,14-,15-/m1/s1. The molecular formula is C16H21ClN2O4. The van der Waals surface area contributed by atoms with Gasteiger partial charge in [0.1, 0.15) is 6.10 Å². The topological polar surface area (TPSA) is 68.8 Å². The third kappa shape index (κ3) is 4.57. The van der Waals surface area contributed by atoms with Gasteiger partial charge in [0, 0.05) is 24.7 Å². The number of amides is 2. The van der Waals surface area contributed by atoms with E-state index in [0.717, 1.165) is 31.2 Å². The average molecular weight is 341 g/mol. The summed E-state index contributed by atoms with van der Waals surface area (Å²) in [6.45, 7) is 1.27. The van der Waals surface area contributed by atoms with E-state index in [2.05, 4.69) is 10.8 Å². The first-order valence-electron chi connectivity index (χ1n) is 7.93. The van der Waals surface area contributed by atoms with Crippen molar-refractivity contribution in [2.24, 2.45) is 0 Å². The fraction of sp³-hybridized carbons (Fsp3) is 0.562. The molecule has 23 heavy (non-hydrogen) atoms. The Hall–Kier alpha value is -1.34. The summed E-state index contributed by atoms with van der Waals surface area (Å²) >= 11 is 5.91. The predicted octanol–water partition coefficient (Wildman–Crippen LogP) is 2.93. The van der Waals surface area contributed by atoms with Crippen LogP contribution in [0.1, 0.15) is 37.4 Å². The van der Waals surface area contributed by atoms with Gasteiger partial charge in [-0.05, 0) is 37.0 Å². The van der Waals surface area contributed by atoms with Crippen LogP contribution < -0.4 is 10.8 Å². The highest BCUT2D eigenvalue weighted by molar-refractivity contribution is 6.30. The minimum absolute atomic E-state index is 0.105. The summed E-state index contributed by atoms with van der Waals surface area (Å²) in [6, 6.07) is 6.98. The summed E-state index contributed by atoms with van der Waals surface area (Å²) < 4.78 is 11.1. The van der Waals surface area contributed by atoms with Gasteiger partial charge in [-0.1, -0.05) is 23.7 Å². The van der Waals surface area contributed by atoms with E-state index in [4.69, 9.17) is 25.9 Å². The maximum Gasteiger partial charge on any atom is 0.339 e. The van der Waals surface area contributed by atoms with Gasteiger partial charge in [0.15, 0.2) is 6.29 Å². The van der Waals surface area contributed by atoms with E-state index in [1.54, 1.807) is 0 Å². The Labute approximate surface area is 140 Å². The lowest BCUT2D eigenvalue weighted by molar-refractivity contribution is -0.186. The molecule has 7 heteroatoms. The third-order valence-electron chi connectivity index (χ3n) is 4.03. The molecule has 2 amide bonds. The van der Waals surface area contributed by atoms with Crippen molar-refractivity contribution in [2.45, 2.75) is 44.1 Å². The molecule has 1 aromatic carbocycles. The Morgan fingerprint density at radius 1 is 1.13 bits per heavy atom. The molecule has 0 saturated carbocycles. The Morgan fingerprint density at radius 3 is 2.70 bits per heavy atom. The van der Waals surface area contributed by atoms with Gasteiger partial charge >= 0.3 is 6.03 Å². The molecule has 2 aliphatic rings. The molecule has 0 aliphatic carbocycles. The van der Waals surface area contributed by atoms with Gasteiger partial charge in [-0.3, -0.25) is 0 Å². The second-order valence-electron chi connectivity index (χ2n) is 5.73. The van der Waals surface area contributed by atoms with Crippen LogP contribution in [-0.2, 0) is 14.3 Å². The van der Waals surface area contributed by atoms with Gasteiger partial charge in [0.2, 0.25) is 0 Å². The molecule has 0 spiro atoms. The average Bonchev–Trinajstić information content (AvgIpc) is 3.03. The molecule has 2 saturated heterocycles. The number of nitrogens with one attached hydrogen (secondary N) is 2. The highest BCUT2D eigenvalue weighted by Gasteiger charge is 2.31. The van der Waals surface area contributed by atoms with Gasteiger partial charge in [-0.15, -0.1) is 0 Å². The fourth-order valence-electron chi connectivity index (χ4n) is 2.84. The predicted molar refractivity (Wildman–Crippen MR) is 84.9 cm³/mol. The maximum absolute atomic E-state index is 12.0. The van der Waals surface area contributed by atoms with Crippen LogP contribution in [0.25, 0.3) is 0 Å². The summed E-state index contributed by atoms with van der Waals surface area (Å²) in [5.74, 6) is 0. The lowest BCUT2D eigenvalue weighted by atomic mass is 10.0. The molecule has 0 bridgehead atoms. The third-order valence-corrected chi connectivity index (χ3v) is 4.28. The first-order chi connectivity index (χ1) is 11.2. The summed E-state index contributed by atoms with van der Waals surface area (Å²) in [6.07, 6.45) is 3.09. The summed E-state index contributed by atoms with van der Waals surface area (Å²) in [7, 11) is 0. The van der Waals surface area contributed by atoms with E-state index in [0.29, 0.717) is 18.2 Å². The molecule has 6 nitrogen and oxygen atoms in total. The largest absolute Gasteiger partial charge is 0.371 e. The number of carbonyl (C=O) groups is 1. The van der Waals surface area contributed by atoms with Crippen LogP contribution in [-0.4, -0.2) is 31.6 Å². The summed E-state index contributed by atoms with van der Waals surface area (Å²) in [5.41, 5.74) is 3.40. The van der Waals surface area contributed by atoms with Gasteiger partial charge in [0.25, 0.3) is 0 Å². The molecule has 126 valence electrons. The Kier molecular flexibility index (Phi) is 5.72. The Balaban J connectivity index is 1.49. The van der Waals surface area contributed by atoms with Gasteiger partial charge in [-0.25, -0.2) is 15.1 Å². The highest BCUT2D eigenvalue weighted by Crippen LogP contribution is 2.29. The van der Waals surface area contributed by atoms with E-state index in [1.165, 1.54) is 0 Å². The van der Waals surface area contributed by atoms with Crippen LogP contribution in [0, 0.1) is 0 Å². The molecule has 3 rings (SSSR count). The minimum Gasteiger partial charge on any atom is -0.371 e. The number of halogens is 1. The highest BCUT2D eigenvalue weighted by atomic mass is 35.5. The van der Waals surface area contributed by atoms with Gasteiger partial charge in [-0.2, -0.15) is 0 Å². The zero-order valence-electron chi connectivity index (χ0n) is 12.8. The van der Waals surface area contributed by atoms with Crippen molar-refractivity contribution in [3.63, 3.8) is 0 Å². The van der Waals surface area contributed by atoms with Crippen LogP contribution in [0.2, 0.25) is 5.02 Å². The molecule has 0 radical (unpaired) electrons. The van der Waals surface area contributed by atoms with Crippen molar-refractivity contribution in [3.05, 3.63) is 34.9 Å². The normalized spacial score (nSPS) is 27.6. The van der Waals surface area contributed by atoms with Crippen LogP contribution >= 0.6 is 11.6 Å². The van der Waals surface area contributed by atoms with Crippen LogP contribution in [0.3, 0.4) is 0 Å². The number of hydrogen-bond acceptors (Lipinski definition) is 4. The van der Waals surface area contributed by atoms with E-state index in [1.807, 2.05) is 24.3 Å².